The van der Waals surface area contributed by atoms with Gasteiger partial charge in [-0.3, -0.25) is 18.8 Å². The molecule has 0 aliphatic heterocycles. The van der Waals surface area contributed by atoms with Gasteiger partial charge in [0.2, 0.25) is 5.91 Å². The summed E-state index contributed by atoms with van der Waals surface area (Å²) >= 11 is 1.34. The van der Waals surface area contributed by atoms with Crippen LogP contribution in [0.25, 0.3) is 16.2 Å². The maximum absolute atomic E-state index is 12.7. The summed E-state index contributed by atoms with van der Waals surface area (Å²) in [7, 11) is 0. The molecule has 2 heterocycles. The minimum Gasteiger partial charge on any atom is -0.350 e. The highest BCUT2D eigenvalue weighted by molar-refractivity contribution is 7.19. The monoisotopic (exact) mass is 487 g/mol. The summed E-state index contributed by atoms with van der Waals surface area (Å²) in [6.07, 6.45) is 3.82. The Kier molecular flexibility index (Phi) is 6.33. The minimum absolute atomic E-state index is 0.0314. The number of nitrogens with zero attached hydrogens (tertiary/aromatic N) is 2. The lowest BCUT2D eigenvalue weighted by Crippen LogP contribution is -2.34. The standard InChI is InChI=1S/C26H25N5O3S/c1-16-22(35-26-30-21(15-31(16)26)17-5-3-2-4-6-17)25(34)28-14-13-27-23(32)18-9-11-20(12-10-18)29-24(33)19-7-8-19/h2-6,9-12,15,19H,7-8,13-14H2,1H3,(H,27,32)(H,28,34)(H,29,33). The van der Waals surface area contributed by atoms with Crippen LogP contribution in [0.15, 0.2) is 60.8 Å². The zero-order chi connectivity index (χ0) is 24.4. The third-order valence-electron chi connectivity index (χ3n) is 5.89. The molecule has 8 nitrogen and oxygen atoms in total. The summed E-state index contributed by atoms with van der Waals surface area (Å²) in [6.45, 7) is 2.49. The third-order valence-corrected chi connectivity index (χ3v) is 7.05. The van der Waals surface area contributed by atoms with Crippen molar-refractivity contribution in [3.8, 4) is 11.3 Å². The van der Waals surface area contributed by atoms with Crippen LogP contribution in [0.4, 0.5) is 5.69 Å². The highest BCUT2D eigenvalue weighted by atomic mass is 32.1. The van der Waals surface area contributed by atoms with Gasteiger partial charge in [0.25, 0.3) is 11.8 Å². The predicted octanol–water partition coefficient (Wildman–Crippen LogP) is 3.88. The maximum Gasteiger partial charge on any atom is 0.263 e. The Morgan fingerprint density at radius 1 is 0.971 bits per heavy atom. The highest BCUT2D eigenvalue weighted by Gasteiger charge is 2.29. The summed E-state index contributed by atoms with van der Waals surface area (Å²) in [5.41, 5.74) is 3.90. The van der Waals surface area contributed by atoms with E-state index in [1.165, 1.54) is 11.3 Å². The van der Waals surface area contributed by atoms with Gasteiger partial charge in [-0.25, -0.2) is 4.98 Å². The molecule has 0 atom stereocenters. The first-order valence-electron chi connectivity index (χ1n) is 11.5. The molecule has 2 aromatic heterocycles. The molecule has 35 heavy (non-hydrogen) atoms. The van der Waals surface area contributed by atoms with Crippen LogP contribution in [0.3, 0.4) is 0 Å². The van der Waals surface area contributed by atoms with Crippen LogP contribution in [0.5, 0.6) is 0 Å². The highest BCUT2D eigenvalue weighted by Crippen LogP contribution is 2.30. The van der Waals surface area contributed by atoms with Crippen LogP contribution >= 0.6 is 11.3 Å². The fraction of sp³-hybridized carbons (Fsp3) is 0.231. The molecule has 178 valence electrons. The van der Waals surface area contributed by atoms with Gasteiger partial charge in [-0.05, 0) is 44.0 Å². The van der Waals surface area contributed by atoms with Crippen LogP contribution in [0.2, 0.25) is 0 Å². The molecule has 1 fully saturated rings. The molecule has 0 radical (unpaired) electrons. The second kappa shape index (κ2) is 9.71. The van der Waals surface area contributed by atoms with Crippen molar-refractivity contribution in [1.82, 2.24) is 20.0 Å². The van der Waals surface area contributed by atoms with E-state index in [0.29, 0.717) is 29.2 Å². The van der Waals surface area contributed by atoms with Crippen molar-refractivity contribution in [2.24, 2.45) is 5.92 Å². The molecule has 3 N–H and O–H groups in total. The van der Waals surface area contributed by atoms with Crippen molar-refractivity contribution in [2.45, 2.75) is 19.8 Å². The first-order chi connectivity index (χ1) is 17.0. The van der Waals surface area contributed by atoms with Crippen LogP contribution in [0.1, 0.15) is 38.6 Å². The summed E-state index contributed by atoms with van der Waals surface area (Å²) in [5, 5.41) is 8.51. The topological polar surface area (TPSA) is 105 Å². The van der Waals surface area contributed by atoms with Crippen LogP contribution in [-0.4, -0.2) is 40.2 Å². The summed E-state index contributed by atoms with van der Waals surface area (Å²) in [6, 6.07) is 16.7. The number of carbonyl (C=O) groups excluding carboxylic acids is 3. The van der Waals surface area contributed by atoms with Crippen LogP contribution in [-0.2, 0) is 4.79 Å². The van der Waals surface area contributed by atoms with Crippen molar-refractivity contribution in [3.05, 3.63) is 76.9 Å². The van der Waals surface area contributed by atoms with E-state index in [0.717, 1.165) is 34.8 Å². The predicted molar refractivity (Wildman–Crippen MR) is 136 cm³/mol. The van der Waals surface area contributed by atoms with E-state index in [2.05, 4.69) is 20.9 Å². The first kappa shape index (κ1) is 22.8. The quantitative estimate of drug-likeness (QED) is 0.328. The number of hydrogen-bond acceptors (Lipinski definition) is 5. The Morgan fingerprint density at radius 3 is 2.31 bits per heavy atom. The number of benzene rings is 2. The minimum atomic E-state index is -0.237. The van der Waals surface area contributed by atoms with Crippen molar-refractivity contribution < 1.29 is 14.4 Å². The number of thiazole rings is 1. The fourth-order valence-electron chi connectivity index (χ4n) is 3.74. The van der Waals surface area contributed by atoms with Gasteiger partial charge >= 0.3 is 0 Å². The largest absolute Gasteiger partial charge is 0.350 e. The molecule has 0 unspecified atom stereocenters. The molecule has 2 aromatic carbocycles. The molecule has 9 heteroatoms. The maximum atomic E-state index is 12.7. The number of amides is 3. The first-order valence-corrected chi connectivity index (χ1v) is 12.3. The number of aromatic nitrogens is 2. The average Bonchev–Trinajstić information content (AvgIpc) is 3.58. The van der Waals surface area contributed by atoms with E-state index in [9.17, 15) is 14.4 Å². The van der Waals surface area contributed by atoms with Crippen molar-refractivity contribution >= 4 is 39.7 Å². The van der Waals surface area contributed by atoms with E-state index in [-0.39, 0.29) is 23.6 Å². The van der Waals surface area contributed by atoms with Crippen molar-refractivity contribution in [1.29, 1.82) is 0 Å². The third kappa shape index (κ3) is 5.09. The van der Waals surface area contributed by atoms with Gasteiger partial charge in [0.15, 0.2) is 4.96 Å². The Morgan fingerprint density at radius 2 is 1.66 bits per heavy atom. The van der Waals surface area contributed by atoms with E-state index >= 15 is 0 Å². The smallest absolute Gasteiger partial charge is 0.263 e. The van der Waals surface area contributed by atoms with Crippen LogP contribution < -0.4 is 16.0 Å². The Bertz CT molecular complexity index is 1390. The zero-order valence-electron chi connectivity index (χ0n) is 19.2. The van der Waals surface area contributed by atoms with E-state index in [1.54, 1.807) is 24.3 Å². The van der Waals surface area contributed by atoms with Gasteiger partial charge in [0, 0.05) is 47.7 Å². The average molecular weight is 488 g/mol. The van der Waals surface area contributed by atoms with Gasteiger partial charge in [-0.1, -0.05) is 41.7 Å². The summed E-state index contributed by atoms with van der Waals surface area (Å²) < 4.78 is 1.93. The molecule has 1 aliphatic carbocycles. The number of rotatable bonds is 8. The molecule has 4 aromatic rings. The van der Waals surface area contributed by atoms with Crippen LogP contribution in [0, 0.1) is 12.8 Å². The Balaban J connectivity index is 1.11. The molecule has 1 saturated carbocycles. The lowest BCUT2D eigenvalue weighted by molar-refractivity contribution is -0.117. The SMILES string of the molecule is Cc1c(C(=O)NCCNC(=O)c2ccc(NC(=O)C3CC3)cc2)sc2nc(-c3ccccc3)cn12. The number of fused-ring (bicyclic) bond motifs is 1. The van der Waals surface area contributed by atoms with Gasteiger partial charge in [-0.15, -0.1) is 0 Å². The number of carbonyl (C=O) groups is 3. The molecule has 3 amide bonds. The molecule has 0 spiro atoms. The number of imidazole rings is 1. The van der Waals surface area contributed by atoms with Gasteiger partial charge in [-0.2, -0.15) is 0 Å². The second-order valence-electron chi connectivity index (χ2n) is 8.51. The van der Waals surface area contributed by atoms with Gasteiger partial charge < -0.3 is 16.0 Å². The second-order valence-corrected chi connectivity index (χ2v) is 9.49. The van der Waals surface area contributed by atoms with Crippen molar-refractivity contribution in [2.75, 3.05) is 18.4 Å². The normalized spacial score (nSPS) is 12.9. The number of hydrogen-bond donors (Lipinski definition) is 3. The fourth-order valence-corrected chi connectivity index (χ4v) is 4.76. The molecule has 5 rings (SSSR count). The summed E-state index contributed by atoms with van der Waals surface area (Å²) in [4.78, 5) is 42.9. The molecule has 1 aliphatic rings. The van der Waals surface area contributed by atoms with Crippen molar-refractivity contribution in [3.63, 3.8) is 0 Å². The lowest BCUT2D eigenvalue weighted by atomic mass is 10.2. The van der Waals surface area contributed by atoms with E-state index in [4.69, 9.17) is 0 Å². The Labute approximate surface area is 206 Å². The molecule has 0 saturated heterocycles. The zero-order valence-corrected chi connectivity index (χ0v) is 20.0. The van der Waals surface area contributed by atoms with Gasteiger partial charge in [0.1, 0.15) is 4.88 Å². The van der Waals surface area contributed by atoms with Gasteiger partial charge in [0.05, 0.1) is 5.69 Å². The van der Waals surface area contributed by atoms with E-state index in [1.807, 2.05) is 47.9 Å². The summed E-state index contributed by atoms with van der Waals surface area (Å²) in [5.74, 6) is -0.268. The number of nitrogens with one attached hydrogen (secondary N) is 3. The number of anilines is 1. The molecular formula is C26H25N5O3S. The lowest BCUT2D eigenvalue weighted by Gasteiger charge is -2.08. The number of aryl methyl sites for hydroxylation is 1. The molecule has 0 bridgehead atoms. The molecular weight excluding hydrogens is 462 g/mol. The van der Waals surface area contributed by atoms with E-state index < -0.39 is 0 Å². The Hall–Kier alpha value is -3.98.